The molecule has 0 bridgehead atoms. The van der Waals surface area contributed by atoms with Gasteiger partial charge in [-0.2, -0.15) is 0 Å². The Kier molecular flexibility index (Phi) is 8.16. The van der Waals surface area contributed by atoms with Crippen molar-refractivity contribution in [2.24, 2.45) is 5.41 Å². The molecule has 30 heavy (non-hydrogen) atoms. The highest BCUT2D eigenvalue weighted by Crippen LogP contribution is 2.23. The largest absolute Gasteiger partial charge is 0.461 e. The first-order valence-corrected chi connectivity index (χ1v) is 9.52. The maximum atomic E-state index is 12.6. The van der Waals surface area contributed by atoms with Crippen molar-refractivity contribution >= 4 is 12.1 Å². The molecule has 1 saturated heterocycles. The molecule has 0 spiro atoms. The van der Waals surface area contributed by atoms with Crippen LogP contribution in [0.25, 0.3) is 0 Å². The van der Waals surface area contributed by atoms with E-state index in [-0.39, 0.29) is 6.61 Å². The van der Waals surface area contributed by atoms with E-state index in [1.54, 1.807) is 45.0 Å². The molecule has 1 aliphatic rings. The van der Waals surface area contributed by atoms with E-state index in [1.807, 2.05) is 6.07 Å². The van der Waals surface area contributed by atoms with E-state index < -0.39 is 60.8 Å². The fourth-order valence-electron chi connectivity index (χ4n) is 2.83. The Morgan fingerprint density at radius 1 is 1.03 bits per heavy atom. The van der Waals surface area contributed by atoms with Gasteiger partial charge in [-0.3, -0.25) is 0 Å². The van der Waals surface area contributed by atoms with Crippen LogP contribution in [0.5, 0.6) is 0 Å². The summed E-state index contributed by atoms with van der Waals surface area (Å²) in [5.41, 5.74) is 0.0506. The molecular weight excluding hydrogens is 398 g/mol. The predicted molar refractivity (Wildman–Crippen MR) is 103 cm³/mol. The van der Waals surface area contributed by atoms with E-state index in [4.69, 9.17) is 14.2 Å². The second-order valence-electron chi connectivity index (χ2n) is 8.17. The monoisotopic (exact) mass is 427 g/mol. The van der Waals surface area contributed by atoms with Crippen LogP contribution in [0, 0.1) is 5.41 Å². The van der Waals surface area contributed by atoms with E-state index in [1.165, 1.54) is 0 Å². The third-order valence-electron chi connectivity index (χ3n) is 4.65. The molecule has 0 aliphatic carbocycles. The number of hydrogen-bond donors (Lipinski definition) is 5. The van der Waals surface area contributed by atoms with Crippen molar-refractivity contribution in [3.63, 3.8) is 0 Å². The molecule has 1 aliphatic heterocycles. The van der Waals surface area contributed by atoms with Gasteiger partial charge in [-0.05, 0) is 11.0 Å². The van der Waals surface area contributed by atoms with Crippen LogP contribution in [0.2, 0.25) is 0 Å². The minimum Gasteiger partial charge on any atom is -0.461 e. The van der Waals surface area contributed by atoms with Crippen molar-refractivity contribution in [3.8, 4) is 0 Å². The number of alkyl carbamates (subject to hydrolysis) is 1. The smallest absolute Gasteiger partial charge is 0.408 e. The summed E-state index contributed by atoms with van der Waals surface area (Å²) >= 11 is 0. The molecule has 6 unspecified atom stereocenters. The van der Waals surface area contributed by atoms with Crippen molar-refractivity contribution in [2.45, 2.75) is 64.1 Å². The molecule has 1 aromatic rings. The molecule has 0 saturated carbocycles. The molecule has 10 nitrogen and oxygen atoms in total. The van der Waals surface area contributed by atoms with Crippen molar-refractivity contribution in [1.29, 1.82) is 0 Å². The Hall–Kier alpha value is -2.24. The standard InChI is InChI=1S/C20H29NO9/c1-20(2,3)16(21-19(27)29-9-11-7-5-4-6-8-11)18(26)28-10-12-13(22)14(23)15(24)17(25)30-12/h4-8,12-17,22-25H,9-10H2,1-3H3,(H,21,27). The van der Waals surface area contributed by atoms with Gasteiger partial charge in [0.15, 0.2) is 6.29 Å². The lowest BCUT2D eigenvalue weighted by molar-refractivity contribution is -0.287. The topological polar surface area (TPSA) is 155 Å². The van der Waals surface area contributed by atoms with Crippen LogP contribution in [0.15, 0.2) is 30.3 Å². The number of rotatable bonds is 6. The highest BCUT2D eigenvalue weighted by atomic mass is 16.7. The van der Waals surface area contributed by atoms with E-state index in [2.05, 4.69) is 5.32 Å². The zero-order valence-electron chi connectivity index (χ0n) is 17.1. The Balaban J connectivity index is 1.92. The first-order chi connectivity index (χ1) is 14.0. The summed E-state index contributed by atoms with van der Waals surface area (Å²) in [6.07, 6.45) is -8.73. The normalized spacial score (nSPS) is 27.8. The molecule has 6 atom stereocenters. The molecule has 5 N–H and O–H groups in total. The average molecular weight is 427 g/mol. The van der Waals surface area contributed by atoms with Gasteiger partial charge in [-0.15, -0.1) is 0 Å². The third kappa shape index (κ3) is 6.38. The highest BCUT2D eigenvalue weighted by Gasteiger charge is 2.44. The first-order valence-electron chi connectivity index (χ1n) is 9.52. The second-order valence-corrected chi connectivity index (χ2v) is 8.17. The molecule has 1 aromatic carbocycles. The third-order valence-corrected chi connectivity index (χ3v) is 4.65. The van der Waals surface area contributed by atoms with E-state index in [0.717, 1.165) is 5.56 Å². The Morgan fingerprint density at radius 2 is 1.67 bits per heavy atom. The van der Waals surface area contributed by atoms with Gasteiger partial charge in [0.2, 0.25) is 0 Å². The van der Waals surface area contributed by atoms with E-state index >= 15 is 0 Å². The summed E-state index contributed by atoms with van der Waals surface area (Å²) in [5.74, 6) is -0.815. The number of amides is 1. The van der Waals surface area contributed by atoms with E-state index in [9.17, 15) is 30.0 Å². The summed E-state index contributed by atoms with van der Waals surface area (Å²) in [4.78, 5) is 24.7. The number of carbonyl (C=O) groups excluding carboxylic acids is 2. The summed E-state index contributed by atoms with van der Waals surface area (Å²) in [6.45, 7) is 4.66. The lowest BCUT2D eigenvalue weighted by Gasteiger charge is -2.38. The van der Waals surface area contributed by atoms with Gasteiger partial charge >= 0.3 is 12.1 Å². The minimum atomic E-state index is -1.74. The van der Waals surface area contributed by atoms with Crippen LogP contribution in [-0.4, -0.2) is 75.8 Å². The van der Waals surface area contributed by atoms with Crippen molar-refractivity contribution < 1.29 is 44.2 Å². The molecule has 10 heteroatoms. The molecule has 1 amide bonds. The quantitative estimate of drug-likeness (QED) is 0.384. The van der Waals surface area contributed by atoms with Crippen LogP contribution in [0.4, 0.5) is 4.79 Å². The average Bonchev–Trinajstić information content (AvgIpc) is 2.70. The lowest BCUT2D eigenvalue weighted by atomic mass is 9.87. The van der Waals surface area contributed by atoms with Crippen LogP contribution >= 0.6 is 0 Å². The molecule has 1 fully saturated rings. The number of aliphatic hydroxyl groups excluding tert-OH is 4. The number of benzene rings is 1. The molecule has 2 rings (SSSR count). The van der Waals surface area contributed by atoms with Gasteiger partial charge in [0.05, 0.1) is 0 Å². The summed E-state index contributed by atoms with van der Waals surface area (Å²) in [6, 6.07) is 7.94. The van der Waals surface area contributed by atoms with Gasteiger partial charge in [-0.25, -0.2) is 9.59 Å². The van der Waals surface area contributed by atoms with Crippen molar-refractivity contribution in [1.82, 2.24) is 5.32 Å². The lowest BCUT2D eigenvalue weighted by Crippen LogP contribution is -2.59. The zero-order valence-corrected chi connectivity index (χ0v) is 17.1. The van der Waals surface area contributed by atoms with Gasteiger partial charge in [-0.1, -0.05) is 51.1 Å². The van der Waals surface area contributed by atoms with Crippen molar-refractivity contribution in [2.75, 3.05) is 6.61 Å². The number of nitrogens with one attached hydrogen (secondary N) is 1. The number of ether oxygens (including phenoxy) is 3. The summed E-state index contributed by atoms with van der Waals surface area (Å²) in [7, 11) is 0. The van der Waals surface area contributed by atoms with Crippen LogP contribution in [0.3, 0.4) is 0 Å². The minimum absolute atomic E-state index is 0.0266. The van der Waals surface area contributed by atoms with Gasteiger partial charge in [0.25, 0.3) is 0 Å². The number of carbonyl (C=O) groups is 2. The van der Waals surface area contributed by atoms with Crippen LogP contribution in [-0.2, 0) is 25.6 Å². The van der Waals surface area contributed by atoms with Gasteiger partial charge in [0.1, 0.15) is 43.7 Å². The van der Waals surface area contributed by atoms with Gasteiger partial charge < -0.3 is 40.0 Å². The maximum Gasteiger partial charge on any atom is 0.408 e. The molecule has 1 heterocycles. The zero-order chi connectivity index (χ0) is 22.5. The number of esters is 1. The van der Waals surface area contributed by atoms with Crippen LogP contribution in [0.1, 0.15) is 26.3 Å². The van der Waals surface area contributed by atoms with Crippen molar-refractivity contribution in [3.05, 3.63) is 35.9 Å². The summed E-state index contributed by atoms with van der Waals surface area (Å²) in [5, 5.41) is 41.2. The van der Waals surface area contributed by atoms with Gasteiger partial charge in [0, 0.05) is 0 Å². The fraction of sp³-hybridized carbons (Fsp3) is 0.600. The summed E-state index contributed by atoms with van der Waals surface area (Å²) < 4.78 is 15.2. The van der Waals surface area contributed by atoms with E-state index in [0.29, 0.717) is 0 Å². The maximum absolute atomic E-state index is 12.6. The predicted octanol–water partition coefficient (Wildman–Crippen LogP) is -0.329. The number of aliphatic hydroxyl groups is 4. The highest BCUT2D eigenvalue weighted by molar-refractivity contribution is 5.82. The Morgan fingerprint density at radius 3 is 2.27 bits per heavy atom. The fourth-order valence-corrected chi connectivity index (χ4v) is 2.83. The molecule has 168 valence electrons. The Bertz CT molecular complexity index is 706. The molecular formula is C20H29NO9. The molecule has 0 aromatic heterocycles. The second kappa shape index (κ2) is 10.2. The first kappa shape index (κ1) is 24.0. The Labute approximate surface area is 174 Å². The number of hydrogen-bond acceptors (Lipinski definition) is 9. The molecule has 0 radical (unpaired) electrons. The SMILES string of the molecule is CC(C)(C)C(NC(=O)OCc1ccccc1)C(=O)OCC1OC(O)C(O)C(O)C1O. The van der Waals surface area contributed by atoms with Crippen LogP contribution < -0.4 is 5.32 Å².